The zero-order valence-electron chi connectivity index (χ0n) is 24.7. The van der Waals surface area contributed by atoms with Gasteiger partial charge in [-0.15, -0.1) is 11.8 Å². The van der Waals surface area contributed by atoms with E-state index in [1.165, 1.54) is 6.92 Å². The fourth-order valence-electron chi connectivity index (χ4n) is 4.57. The summed E-state index contributed by atoms with van der Waals surface area (Å²) >= 11 is 3.28. The zero-order chi connectivity index (χ0) is 32.3. The number of hydrogen-bond acceptors (Lipinski definition) is 13. The molecule has 1 aliphatic heterocycles. The first-order valence-corrected chi connectivity index (χ1v) is 15.3. The van der Waals surface area contributed by atoms with Gasteiger partial charge in [-0.3, -0.25) is 24.0 Å². The Morgan fingerprint density at radius 1 is 1.00 bits per heavy atom. The number of halogens is 1. The minimum Gasteiger partial charge on any atom is -0.466 e. The Balaban J connectivity index is 2.67. The van der Waals surface area contributed by atoms with Crippen LogP contribution in [0.4, 0.5) is 0 Å². The minimum absolute atomic E-state index is 0.244. The topological polar surface area (TPSA) is 170 Å². The van der Waals surface area contributed by atoms with Crippen molar-refractivity contribution in [3.63, 3.8) is 0 Å². The van der Waals surface area contributed by atoms with Crippen LogP contribution in [0.1, 0.15) is 46.6 Å². The van der Waals surface area contributed by atoms with Crippen LogP contribution < -0.4 is 5.32 Å². The Hall–Kier alpha value is -2.92. The molecule has 1 fully saturated rings. The summed E-state index contributed by atoms with van der Waals surface area (Å²) in [4.78, 5) is 72.2. The monoisotopic (exact) mass is 737 g/mol. The van der Waals surface area contributed by atoms with Gasteiger partial charge in [-0.05, 0) is 40.6 Å². The second-order valence-corrected chi connectivity index (χ2v) is 12.1. The molecule has 3 unspecified atom stereocenters. The van der Waals surface area contributed by atoms with Gasteiger partial charge in [0.05, 0.1) is 13.2 Å². The van der Waals surface area contributed by atoms with E-state index in [9.17, 15) is 28.8 Å². The first-order valence-electron chi connectivity index (χ1n) is 13.2. The number of benzene rings is 1. The largest absolute Gasteiger partial charge is 0.466 e. The van der Waals surface area contributed by atoms with E-state index in [0.29, 0.717) is 12.2 Å². The number of ether oxygens (including phenoxy) is 6. The van der Waals surface area contributed by atoms with Crippen LogP contribution in [0.25, 0.3) is 0 Å². The molecule has 1 heterocycles. The van der Waals surface area contributed by atoms with Gasteiger partial charge in [0.1, 0.15) is 18.8 Å². The highest BCUT2D eigenvalue weighted by atomic mass is 127. The summed E-state index contributed by atoms with van der Waals surface area (Å²) in [5.41, 5.74) is 1.02. The van der Waals surface area contributed by atoms with Gasteiger partial charge in [0, 0.05) is 50.4 Å². The van der Waals surface area contributed by atoms with Crippen molar-refractivity contribution in [3.05, 3.63) is 33.4 Å². The summed E-state index contributed by atoms with van der Waals surface area (Å²) in [6.45, 7) is 5.14. The number of thioether (sulfide) groups is 1. The Morgan fingerprint density at radius 3 is 2.19 bits per heavy atom. The standard InChI is InChI=1S/C28H36INO12S/c1-15(31)30-24-22(39-17(3)33)13-28(27(36)37-6,43-12-11-20-9-7-8-10-21(20)29)42-26(24)25(41-19(5)35)23(40-18(4)34)14-38-16(2)32/h7-10,22-26H,11-14H2,1-6H3,(H,30,31)/t22-,23?,24+,25?,26+,28?/m0/s1. The zero-order valence-corrected chi connectivity index (χ0v) is 27.7. The number of aryl methyl sites for hydroxylation is 1. The fourth-order valence-corrected chi connectivity index (χ4v) is 6.55. The molecular weight excluding hydrogens is 701 g/mol. The highest BCUT2D eigenvalue weighted by Gasteiger charge is 2.58. The molecule has 2 rings (SSSR count). The second-order valence-electron chi connectivity index (χ2n) is 9.62. The highest BCUT2D eigenvalue weighted by Crippen LogP contribution is 2.43. The van der Waals surface area contributed by atoms with Crippen molar-refractivity contribution in [2.45, 2.75) is 82.9 Å². The van der Waals surface area contributed by atoms with E-state index in [1.807, 2.05) is 24.3 Å². The summed E-state index contributed by atoms with van der Waals surface area (Å²) in [6.07, 6.45) is -5.35. The number of hydrogen-bond donors (Lipinski definition) is 1. The smallest absolute Gasteiger partial charge is 0.348 e. The van der Waals surface area contributed by atoms with Gasteiger partial charge in [0.2, 0.25) is 10.8 Å². The van der Waals surface area contributed by atoms with Crippen molar-refractivity contribution < 1.29 is 57.2 Å². The van der Waals surface area contributed by atoms with Crippen LogP contribution in [0, 0.1) is 3.57 Å². The van der Waals surface area contributed by atoms with Crippen LogP contribution >= 0.6 is 34.4 Å². The van der Waals surface area contributed by atoms with Crippen LogP contribution in [-0.4, -0.2) is 90.6 Å². The van der Waals surface area contributed by atoms with Gasteiger partial charge >= 0.3 is 29.8 Å². The van der Waals surface area contributed by atoms with Gasteiger partial charge in [-0.2, -0.15) is 0 Å². The van der Waals surface area contributed by atoms with Crippen molar-refractivity contribution in [3.8, 4) is 0 Å². The van der Waals surface area contributed by atoms with Crippen molar-refractivity contribution in [1.82, 2.24) is 5.32 Å². The van der Waals surface area contributed by atoms with Gasteiger partial charge in [0.25, 0.3) is 0 Å². The van der Waals surface area contributed by atoms with E-state index in [-0.39, 0.29) is 6.42 Å². The third-order valence-electron chi connectivity index (χ3n) is 6.16. The maximum atomic E-state index is 13.5. The third kappa shape index (κ3) is 10.9. The van der Waals surface area contributed by atoms with Crippen LogP contribution in [0.2, 0.25) is 0 Å². The molecule has 13 nitrogen and oxygen atoms in total. The van der Waals surface area contributed by atoms with Gasteiger partial charge in [-0.25, -0.2) is 4.79 Å². The molecule has 1 aromatic rings. The minimum atomic E-state index is -1.82. The molecule has 0 radical (unpaired) electrons. The lowest BCUT2D eigenvalue weighted by molar-refractivity contribution is -0.224. The molecule has 1 amide bonds. The molecule has 43 heavy (non-hydrogen) atoms. The van der Waals surface area contributed by atoms with E-state index in [2.05, 4.69) is 27.9 Å². The Morgan fingerprint density at radius 2 is 1.65 bits per heavy atom. The van der Waals surface area contributed by atoms with E-state index in [0.717, 1.165) is 55.7 Å². The maximum absolute atomic E-state index is 13.5. The number of nitrogens with one attached hydrogen (secondary N) is 1. The average Bonchev–Trinajstić information content (AvgIpc) is 2.90. The normalized spacial score (nSPS) is 22.7. The van der Waals surface area contributed by atoms with E-state index < -0.39 is 77.8 Å². The molecule has 15 heteroatoms. The summed E-state index contributed by atoms with van der Waals surface area (Å²) < 4.78 is 34.2. The summed E-state index contributed by atoms with van der Waals surface area (Å²) in [6, 6.07) is 6.48. The molecule has 1 aromatic carbocycles. The molecule has 0 aromatic heterocycles. The Labute approximate surface area is 267 Å². The molecule has 0 saturated carbocycles. The van der Waals surface area contributed by atoms with Crippen molar-refractivity contribution in [1.29, 1.82) is 0 Å². The predicted molar refractivity (Wildman–Crippen MR) is 160 cm³/mol. The van der Waals surface area contributed by atoms with Gasteiger partial charge in [0.15, 0.2) is 12.2 Å². The SMILES string of the molecule is COC(=O)C1(SCCc2ccccc2I)C[C@H](OC(C)=O)[C@@H](NC(C)=O)[C@H](C(OC(C)=O)C(COC(C)=O)OC(C)=O)O1. The second kappa shape index (κ2) is 16.8. The van der Waals surface area contributed by atoms with E-state index in [1.54, 1.807) is 0 Å². The Kier molecular flexibility index (Phi) is 14.2. The fraction of sp³-hybridized carbons (Fsp3) is 0.571. The van der Waals surface area contributed by atoms with Crippen LogP contribution in [-0.2, 0) is 63.6 Å². The quantitative estimate of drug-likeness (QED) is 0.178. The molecular formula is C28H36INO12S. The lowest BCUT2D eigenvalue weighted by Crippen LogP contribution is -2.68. The van der Waals surface area contributed by atoms with Crippen molar-refractivity contribution in [2.24, 2.45) is 0 Å². The van der Waals surface area contributed by atoms with E-state index in [4.69, 9.17) is 28.4 Å². The first-order chi connectivity index (χ1) is 20.2. The predicted octanol–water partition coefficient (Wildman–Crippen LogP) is 2.09. The summed E-state index contributed by atoms with van der Waals surface area (Å²) in [7, 11) is 1.16. The van der Waals surface area contributed by atoms with Crippen molar-refractivity contribution >= 4 is 70.1 Å². The molecule has 6 atom stereocenters. The summed E-state index contributed by atoms with van der Waals surface area (Å²) in [5.74, 6) is -4.10. The number of methoxy groups -OCH3 is 1. The number of carbonyl (C=O) groups is 6. The van der Waals surface area contributed by atoms with Crippen LogP contribution in [0.3, 0.4) is 0 Å². The number of amides is 1. The summed E-state index contributed by atoms with van der Waals surface area (Å²) in [5, 5.41) is 2.66. The average molecular weight is 738 g/mol. The van der Waals surface area contributed by atoms with Crippen LogP contribution in [0.5, 0.6) is 0 Å². The molecule has 1 aliphatic rings. The highest BCUT2D eigenvalue weighted by molar-refractivity contribution is 14.1. The molecule has 238 valence electrons. The van der Waals surface area contributed by atoms with Gasteiger partial charge < -0.3 is 33.7 Å². The Bertz CT molecular complexity index is 1200. The van der Waals surface area contributed by atoms with Gasteiger partial charge in [-0.1, -0.05) is 18.2 Å². The number of esters is 5. The first kappa shape index (κ1) is 36.3. The maximum Gasteiger partial charge on any atom is 0.348 e. The number of carbonyl (C=O) groups excluding carboxylic acids is 6. The van der Waals surface area contributed by atoms with Crippen molar-refractivity contribution in [2.75, 3.05) is 19.5 Å². The van der Waals surface area contributed by atoms with E-state index >= 15 is 0 Å². The molecule has 1 N–H and O–H groups in total. The molecule has 0 aliphatic carbocycles. The number of rotatable bonds is 13. The van der Waals surface area contributed by atoms with Crippen LogP contribution in [0.15, 0.2) is 24.3 Å². The molecule has 0 bridgehead atoms. The molecule has 0 spiro atoms. The molecule has 1 saturated heterocycles. The lowest BCUT2D eigenvalue weighted by Gasteiger charge is -2.48. The lowest BCUT2D eigenvalue weighted by atomic mass is 9.89. The third-order valence-corrected chi connectivity index (χ3v) is 8.52.